The first kappa shape index (κ1) is 10.0. The van der Waals surface area contributed by atoms with Gasteiger partial charge in [-0.1, -0.05) is 6.07 Å². The molecule has 0 amide bonds. The van der Waals surface area contributed by atoms with Crippen molar-refractivity contribution in [3.63, 3.8) is 0 Å². The molecule has 0 spiro atoms. The first-order chi connectivity index (χ1) is 7.24. The van der Waals surface area contributed by atoms with Gasteiger partial charge in [0.1, 0.15) is 12.4 Å². The van der Waals surface area contributed by atoms with E-state index in [4.69, 9.17) is 10.5 Å². The Morgan fingerprint density at radius 3 is 2.93 bits per heavy atom. The number of hydrogen-bond donors (Lipinski definition) is 1. The van der Waals surface area contributed by atoms with Crippen LogP contribution in [0.15, 0.2) is 24.3 Å². The van der Waals surface area contributed by atoms with E-state index in [1.165, 1.54) is 12.8 Å². The van der Waals surface area contributed by atoms with Crippen LogP contribution in [0.1, 0.15) is 19.3 Å². The van der Waals surface area contributed by atoms with Gasteiger partial charge in [0, 0.05) is 18.2 Å². The molecule has 1 aromatic carbocycles. The fourth-order valence-corrected chi connectivity index (χ4v) is 1.47. The second-order valence-corrected chi connectivity index (χ2v) is 4.05. The van der Waals surface area contributed by atoms with Crippen molar-refractivity contribution in [2.24, 2.45) is 5.92 Å². The van der Waals surface area contributed by atoms with Gasteiger partial charge in [-0.3, -0.25) is 4.79 Å². The van der Waals surface area contributed by atoms with Crippen molar-refractivity contribution in [2.75, 3.05) is 12.3 Å². The first-order valence-corrected chi connectivity index (χ1v) is 5.24. The molecule has 3 heteroatoms. The molecule has 0 bridgehead atoms. The number of hydrogen-bond acceptors (Lipinski definition) is 3. The number of ketones is 1. The maximum absolute atomic E-state index is 11.4. The molecule has 80 valence electrons. The van der Waals surface area contributed by atoms with Crippen LogP contribution < -0.4 is 10.5 Å². The van der Waals surface area contributed by atoms with Gasteiger partial charge in [0.05, 0.1) is 0 Å². The molecule has 2 N–H and O–H groups in total. The lowest BCUT2D eigenvalue weighted by molar-refractivity contribution is -0.121. The third-order valence-corrected chi connectivity index (χ3v) is 2.47. The Morgan fingerprint density at radius 2 is 2.27 bits per heavy atom. The van der Waals surface area contributed by atoms with Crippen molar-refractivity contribution in [1.82, 2.24) is 0 Å². The molecule has 1 aliphatic carbocycles. The fourth-order valence-electron chi connectivity index (χ4n) is 1.47. The van der Waals surface area contributed by atoms with E-state index in [0.29, 0.717) is 23.8 Å². The van der Waals surface area contributed by atoms with Crippen molar-refractivity contribution in [2.45, 2.75) is 19.3 Å². The van der Waals surface area contributed by atoms with E-state index in [9.17, 15) is 4.79 Å². The number of carbonyl (C=O) groups is 1. The topological polar surface area (TPSA) is 52.3 Å². The van der Waals surface area contributed by atoms with E-state index in [-0.39, 0.29) is 12.4 Å². The smallest absolute Gasteiger partial charge is 0.170 e. The maximum Gasteiger partial charge on any atom is 0.170 e. The summed E-state index contributed by atoms with van der Waals surface area (Å²) < 4.78 is 5.35. The van der Waals surface area contributed by atoms with Crippen molar-refractivity contribution >= 4 is 11.5 Å². The highest BCUT2D eigenvalue weighted by molar-refractivity contribution is 5.80. The summed E-state index contributed by atoms with van der Waals surface area (Å²) in [5.41, 5.74) is 6.25. The Balaban J connectivity index is 1.78. The Morgan fingerprint density at radius 1 is 1.47 bits per heavy atom. The second-order valence-electron chi connectivity index (χ2n) is 4.05. The van der Waals surface area contributed by atoms with Crippen LogP contribution in [-0.4, -0.2) is 12.4 Å². The highest BCUT2D eigenvalue weighted by Gasteiger charge is 2.24. The zero-order valence-corrected chi connectivity index (χ0v) is 8.61. The normalized spacial score (nSPS) is 14.9. The van der Waals surface area contributed by atoms with E-state index in [0.717, 1.165) is 0 Å². The van der Waals surface area contributed by atoms with Gasteiger partial charge in [-0.15, -0.1) is 0 Å². The summed E-state index contributed by atoms with van der Waals surface area (Å²) in [7, 11) is 0. The fraction of sp³-hybridized carbons (Fsp3) is 0.417. The van der Waals surface area contributed by atoms with Crippen LogP contribution in [0.4, 0.5) is 5.69 Å². The standard InChI is InChI=1S/C12H15NO2/c13-10-2-1-3-12(7-10)15-8-11(14)6-9-4-5-9/h1-3,7,9H,4-6,8,13H2. The van der Waals surface area contributed by atoms with Gasteiger partial charge in [-0.2, -0.15) is 0 Å². The molecule has 0 radical (unpaired) electrons. The predicted molar refractivity (Wildman–Crippen MR) is 58.7 cm³/mol. The summed E-state index contributed by atoms with van der Waals surface area (Å²) in [6, 6.07) is 7.14. The van der Waals surface area contributed by atoms with Crippen LogP contribution in [-0.2, 0) is 4.79 Å². The predicted octanol–water partition coefficient (Wildman–Crippen LogP) is 2.02. The molecule has 15 heavy (non-hydrogen) atoms. The molecule has 0 atom stereocenters. The quantitative estimate of drug-likeness (QED) is 0.748. The number of nitrogen functional groups attached to an aromatic ring is 1. The molecule has 1 saturated carbocycles. The Bertz CT molecular complexity index is 358. The third-order valence-electron chi connectivity index (χ3n) is 2.47. The lowest BCUT2D eigenvalue weighted by atomic mass is 10.2. The number of Topliss-reactive ketones (excluding diaryl/α,β-unsaturated/α-hetero) is 1. The van der Waals surface area contributed by atoms with Crippen LogP contribution in [0.5, 0.6) is 5.75 Å². The minimum atomic E-state index is 0.167. The van der Waals surface area contributed by atoms with Gasteiger partial charge in [-0.05, 0) is 30.9 Å². The van der Waals surface area contributed by atoms with Gasteiger partial charge in [0.15, 0.2) is 5.78 Å². The number of carbonyl (C=O) groups excluding carboxylic acids is 1. The van der Waals surface area contributed by atoms with E-state index in [1.54, 1.807) is 18.2 Å². The third kappa shape index (κ3) is 3.27. The molecular weight excluding hydrogens is 190 g/mol. The average molecular weight is 205 g/mol. The zero-order valence-electron chi connectivity index (χ0n) is 8.61. The van der Waals surface area contributed by atoms with Crippen molar-refractivity contribution in [3.8, 4) is 5.75 Å². The summed E-state index contributed by atoms with van der Waals surface area (Å²) in [5, 5.41) is 0. The molecule has 1 fully saturated rings. The van der Waals surface area contributed by atoms with Gasteiger partial charge in [-0.25, -0.2) is 0 Å². The number of ether oxygens (including phenoxy) is 1. The average Bonchev–Trinajstić information content (AvgIpc) is 2.99. The lowest BCUT2D eigenvalue weighted by Crippen LogP contribution is -2.11. The largest absolute Gasteiger partial charge is 0.486 e. The number of anilines is 1. The molecule has 0 aromatic heterocycles. The highest BCUT2D eigenvalue weighted by Crippen LogP contribution is 2.32. The van der Waals surface area contributed by atoms with E-state index >= 15 is 0 Å². The summed E-state index contributed by atoms with van der Waals surface area (Å²) >= 11 is 0. The van der Waals surface area contributed by atoms with Crippen molar-refractivity contribution in [1.29, 1.82) is 0 Å². The minimum Gasteiger partial charge on any atom is -0.486 e. The van der Waals surface area contributed by atoms with Crippen LogP contribution in [0.2, 0.25) is 0 Å². The van der Waals surface area contributed by atoms with E-state index in [2.05, 4.69) is 0 Å². The highest BCUT2D eigenvalue weighted by atomic mass is 16.5. The summed E-state index contributed by atoms with van der Waals surface area (Å²) in [5.74, 6) is 1.47. The van der Waals surface area contributed by atoms with Gasteiger partial charge in [0.25, 0.3) is 0 Å². The molecular formula is C12H15NO2. The molecule has 0 unspecified atom stereocenters. The number of nitrogens with two attached hydrogens (primary N) is 1. The molecule has 1 aliphatic rings. The molecule has 1 aromatic rings. The van der Waals surface area contributed by atoms with Crippen LogP contribution in [0.3, 0.4) is 0 Å². The van der Waals surface area contributed by atoms with Crippen LogP contribution in [0, 0.1) is 5.92 Å². The first-order valence-electron chi connectivity index (χ1n) is 5.24. The summed E-state index contributed by atoms with van der Waals surface area (Å²) in [6.07, 6.45) is 3.07. The molecule has 3 nitrogen and oxygen atoms in total. The van der Waals surface area contributed by atoms with Crippen LogP contribution in [0.25, 0.3) is 0 Å². The van der Waals surface area contributed by atoms with Crippen molar-refractivity contribution in [3.05, 3.63) is 24.3 Å². The minimum absolute atomic E-state index is 0.167. The molecule has 0 heterocycles. The number of rotatable bonds is 5. The summed E-state index contributed by atoms with van der Waals surface area (Å²) in [6.45, 7) is 0.167. The van der Waals surface area contributed by atoms with E-state index < -0.39 is 0 Å². The van der Waals surface area contributed by atoms with Gasteiger partial charge >= 0.3 is 0 Å². The zero-order chi connectivity index (χ0) is 10.7. The van der Waals surface area contributed by atoms with Crippen LogP contribution >= 0.6 is 0 Å². The molecule has 0 aliphatic heterocycles. The maximum atomic E-state index is 11.4. The van der Waals surface area contributed by atoms with E-state index in [1.807, 2.05) is 6.07 Å². The van der Waals surface area contributed by atoms with Crippen molar-refractivity contribution < 1.29 is 9.53 Å². The summed E-state index contributed by atoms with van der Waals surface area (Å²) in [4.78, 5) is 11.4. The van der Waals surface area contributed by atoms with Gasteiger partial charge < -0.3 is 10.5 Å². The molecule has 2 rings (SSSR count). The Hall–Kier alpha value is -1.51. The van der Waals surface area contributed by atoms with Gasteiger partial charge in [0.2, 0.25) is 0 Å². The number of benzene rings is 1. The lowest BCUT2D eigenvalue weighted by Gasteiger charge is -2.05. The second kappa shape index (κ2) is 4.34. The SMILES string of the molecule is Nc1cccc(OCC(=O)CC2CC2)c1. The Labute approximate surface area is 89.2 Å². The monoisotopic (exact) mass is 205 g/mol. The Kier molecular flexibility index (Phi) is 2.90. The molecule has 0 saturated heterocycles.